The Balaban J connectivity index is 0.000000550. The van der Waals surface area contributed by atoms with Gasteiger partial charge in [-0.15, -0.1) is 0 Å². The average Bonchev–Trinajstić information content (AvgIpc) is 2.30. The van der Waals surface area contributed by atoms with Gasteiger partial charge in [0.05, 0.1) is 12.6 Å². The summed E-state index contributed by atoms with van der Waals surface area (Å²) in [5.74, 6) is -2.55. The maximum atomic E-state index is 13.9. The molecule has 0 radical (unpaired) electrons. The van der Waals surface area contributed by atoms with Crippen molar-refractivity contribution in [1.82, 2.24) is 14.7 Å². The molecule has 114 valence electrons. The number of rotatable bonds is 1. The molecule has 2 rings (SSSR count). The largest absolute Gasteiger partial charge is 0.304 e. The molecule has 2 aliphatic rings. The monoisotopic (exact) mass is 277 g/mol. The fourth-order valence-corrected chi connectivity index (χ4v) is 2.68. The Hall–Kier alpha value is -0.260. The Kier molecular flexibility index (Phi) is 6.63. The van der Waals surface area contributed by atoms with E-state index >= 15 is 0 Å². The Morgan fingerprint density at radius 1 is 0.947 bits per heavy atom. The minimum Gasteiger partial charge on any atom is -0.304 e. The van der Waals surface area contributed by atoms with Gasteiger partial charge >= 0.3 is 0 Å². The van der Waals surface area contributed by atoms with E-state index in [0.717, 1.165) is 32.7 Å². The predicted molar refractivity (Wildman–Crippen MR) is 75.9 cm³/mol. The summed E-state index contributed by atoms with van der Waals surface area (Å²) in [5.41, 5.74) is 0. The van der Waals surface area contributed by atoms with Crippen molar-refractivity contribution in [3.63, 3.8) is 0 Å². The number of piperidine rings is 1. The second kappa shape index (κ2) is 7.50. The zero-order chi connectivity index (χ0) is 14.5. The molecule has 0 aromatic heterocycles. The maximum absolute atomic E-state index is 13.9. The summed E-state index contributed by atoms with van der Waals surface area (Å²) in [5, 5.41) is 0. The summed E-state index contributed by atoms with van der Waals surface area (Å²) in [6.45, 7) is 8.31. The van der Waals surface area contributed by atoms with Crippen molar-refractivity contribution < 1.29 is 8.78 Å². The van der Waals surface area contributed by atoms with Crippen molar-refractivity contribution in [1.29, 1.82) is 0 Å². The van der Waals surface area contributed by atoms with Crippen LogP contribution >= 0.6 is 0 Å². The van der Waals surface area contributed by atoms with Crippen LogP contribution in [0.1, 0.15) is 26.7 Å². The number of alkyl halides is 2. The third-order valence-corrected chi connectivity index (χ3v) is 3.73. The van der Waals surface area contributed by atoms with Crippen LogP contribution in [-0.2, 0) is 0 Å². The Morgan fingerprint density at radius 2 is 1.47 bits per heavy atom. The second-order valence-electron chi connectivity index (χ2n) is 5.85. The van der Waals surface area contributed by atoms with Crippen molar-refractivity contribution in [2.45, 2.75) is 38.7 Å². The zero-order valence-corrected chi connectivity index (χ0v) is 12.8. The molecule has 2 aliphatic heterocycles. The van der Waals surface area contributed by atoms with Gasteiger partial charge in [0.15, 0.2) is 0 Å². The van der Waals surface area contributed by atoms with E-state index in [1.54, 1.807) is 11.9 Å². The molecule has 2 saturated heterocycles. The van der Waals surface area contributed by atoms with Gasteiger partial charge in [0, 0.05) is 26.2 Å². The molecular weight excluding hydrogens is 248 g/mol. The van der Waals surface area contributed by atoms with Crippen LogP contribution in [0.4, 0.5) is 8.78 Å². The standard InChI is InChI=1S/C11H21F2N3.C3H8/c1-14-5-7-16(8-6-14)10-3-4-15(2)9-11(10,12)13;1-3-2/h10H,3-9H2,1-2H3;3H2,1-2H3. The molecule has 0 N–H and O–H groups in total. The first-order valence-corrected chi connectivity index (χ1v) is 7.39. The van der Waals surface area contributed by atoms with Crippen LogP contribution in [0.25, 0.3) is 0 Å². The summed E-state index contributed by atoms with van der Waals surface area (Å²) in [7, 11) is 3.82. The van der Waals surface area contributed by atoms with Crippen molar-refractivity contribution in [3.8, 4) is 0 Å². The van der Waals surface area contributed by atoms with Gasteiger partial charge in [0.1, 0.15) is 0 Å². The first kappa shape index (κ1) is 16.8. The van der Waals surface area contributed by atoms with Crippen LogP contribution in [0, 0.1) is 0 Å². The average molecular weight is 277 g/mol. The van der Waals surface area contributed by atoms with E-state index in [1.807, 2.05) is 11.9 Å². The number of likely N-dealkylation sites (N-methyl/N-ethyl adjacent to an activating group) is 1. The van der Waals surface area contributed by atoms with Crippen molar-refractivity contribution in [3.05, 3.63) is 0 Å². The summed E-state index contributed by atoms with van der Waals surface area (Å²) in [6, 6.07) is -0.544. The van der Waals surface area contributed by atoms with Gasteiger partial charge in [0.2, 0.25) is 0 Å². The lowest BCUT2D eigenvalue weighted by Gasteiger charge is -2.45. The lowest BCUT2D eigenvalue weighted by molar-refractivity contribution is -0.128. The van der Waals surface area contributed by atoms with Gasteiger partial charge in [-0.2, -0.15) is 0 Å². The van der Waals surface area contributed by atoms with Crippen LogP contribution in [0.2, 0.25) is 0 Å². The first-order valence-electron chi connectivity index (χ1n) is 7.39. The highest BCUT2D eigenvalue weighted by molar-refractivity contribution is 4.93. The van der Waals surface area contributed by atoms with Crippen molar-refractivity contribution in [2.24, 2.45) is 0 Å². The molecule has 0 spiro atoms. The lowest BCUT2D eigenvalue weighted by atomic mass is 9.98. The first-order chi connectivity index (χ1) is 8.90. The van der Waals surface area contributed by atoms with E-state index in [-0.39, 0.29) is 6.54 Å². The molecule has 1 unspecified atom stereocenters. The minimum absolute atomic E-state index is 0.0932. The van der Waals surface area contributed by atoms with E-state index in [2.05, 4.69) is 18.7 Å². The van der Waals surface area contributed by atoms with E-state index in [1.165, 1.54) is 6.42 Å². The summed E-state index contributed by atoms with van der Waals surface area (Å²) < 4.78 is 27.8. The Bertz CT molecular complexity index is 253. The zero-order valence-electron chi connectivity index (χ0n) is 12.8. The topological polar surface area (TPSA) is 9.72 Å². The highest BCUT2D eigenvalue weighted by Gasteiger charge is 2.46. The minimum atomic E-state index is -2.55. The SMILES string of the molecule is CCC.CN1CCN(C2CCN(C)CC2(F)F)CC1. The molecule has 2 fully saturated rings. The number of nitrogens with zero attached hydrogens (tertiary/aromatic N) is 3. The normalized spacial score (nSPS) is 29.7. The summed E-state index contributed by atoms with van der Waals surface area (Å²) in [6.07, 6.45) is 1.84. The van der Waals surface area contributed by atoms with Gasteiger partial charge in [-0.25, -0.2) is 8.78 Å². The number of halogens is 2. The highest BCUT2D eigenvalue weighted by atomic mass is 19.3. The molecule has 0 aliphatic carbocycles. The molecule has 0 aromatic rings. The van der Waals surface area contributed by atoms with Crippen molar-refractivity contribution in [2.75, 3.05) is 53.4 Å². The Morgan fingerprint density at radius 3 is 1.95 bits per heavy atom. The molecule has 19 heavy (non-hydrogen) atoms. The maximum Gasteiger partial charge on any atom is 0.275 e. The molecule has 0 amide bonds. The molecule has 0 bridgehead atoms. The van der Waals surface area contributed by atoms with E-state index in [4.69, 9.17) is 0 Å². The number of hydrogen-bond donors (Lipinski definition) is 0. The molecule has 5 heteroatoms. The second-order valence-corrected chi connectivity index (χ2v) is 5.85. The number of piperazine rings is 1. The molecule has 0 saturated carbocycles. The quantitative estimate of drug-likeness (QED) is 0.726. The fraction of sp³-hybridized carbons (Fsp3) is 1.00. The van der Waals surface area contributed by atoms with Gasteiger partial charge in [-0.3, -0.25) is 4.90 Å². The third-order valence-electron chi connectivity index (χ3n) is 3.73. The number of hydrogen-bond acceptors (Lipinski definition) is 3. The van der Waals surface area contributed by atoms with Gasteiger partial charge < -0.3 is 9.80 Å². The van der Waals surface area contributed by atoms with Crippen LogP contribution in [-0.4, -0.2) is 80.0 Å². The van der Waals surface area contributed by atoms with Crippen LogP contribution < -0.4 is 0 Å². The van der Waals surface area contributed by atoms with Gasteiger partial charge in [0.25, 0.3) is 5.92 Å². The van der Waals surface area contributed by atoms with E-state index < -0.39 is 12.0 Å². The highest BCUT2D eigenvalue weighted by Crippen LogP contribution is 2.31. The Labute approximate surface area is 116 Å². The molecule has 0 aromatic carbocycles. The van der Waals surface area contributed by atoms with E-state index in [9.17, 15) is 8.78 Å². The smallest absolute Gasteiger partial charge is 0.275 e. The van der Waals surface area contributed by atoms with Gasteiger partial charge in [-0.1, -0.05) is 20.3 Å². The molecule has 2 heterocycles. The lowest BCUT2D eigenvalue weighted by Crippen LogP contribution is -2.61. The molecule has 3 nitrogen and oxygen atoms in total. The summed E-state index contributed by atoms with van der Waals surface area (Å²) in [4.78, 5) is 5.91. The summed E-state index contributed by atoms with van der Waals surface area (Å²) >= 11 is 0. The van der Waals surface area contributed by atoms with Gasteiger partial charge in [-0.05, 0) is 27.1 Å². The molecular formula is C14H29F2N3. The number of likely N-dealkylation sites (tertiary alicyclic amines) is 1. The third kappa shape index (κ3) is 4.97. The van der Waals surface area contributed by atoms with Crippen LogP contribution in [0.5, 0.6) is 0 Å². The van der Waals surface area contributed by atoms with Crippen LogP contribution in [0.15, 0.2) is 0 Å². The van der Waals surface area contributed by atoms with Crippen LogP contribution in [0.3, 0.4) is 0 Å². The molecule has 1 atom stereocenters. The van der Waals surface area contributed by atoms with Crippen molar-refractivity contribution >= 4 is 0 Å². The fourth-order valence-electron chi connectivity index (χ4n) is 2.68. The van der Waals surface area contributed by atoms with E-state index in [0.29, 0.717) is 6.42 Å². The predicted octanol–water partition coefficient (Wildman–Crippen LogP) is 1.99.